The third kappa shape index (κ3) is 4.78. The van der Waals surface area contributed by atoms with Crippen molar-refractivity contribution < 1.29 is 9.18 Å². The number of carbonyl (C=O) groups is 1. The van der Waals surface area contributed by atoms with Gasteiger partial charge in [0.2, 0.25) is 0 Å². The first kappa shape index (κ1) is 21.3. The van der Waals surface area contributed by atoms with Crippen molar-refractivity contribution in [3.8, 4) is 0 Å². The molecular weight excluding hydrogens is 431 g/mol. The Hall–Kier alpha value is -3.57. The first-order valence-electron chi connectivity index (χ1n) is 10.9. The zero-order chi connectivity index (χ0) is 22.6. The summed E-state index contributed by atoms with van der Waals surface area (Å²) in [6, 6.07) is 28.7. The lowest BCUT2D eigenvalue weighted by molar-refractivity contribution is 0.0952. The Balaban J connectivity index is 1.26. The molecular formula is C28H23FN2OS. The predicted molar refractivity (Wildman–Crippen MR) is 134 cm³/mol. The second-order valence-corrected chi connectivity index (χ2v) is 8.95. The molecule has 0 spiro atoms. The minimum atomic E-state index is -0.217. The molecule has 1 aromatic heterocycles. The van der Waals surface area contributed by atoms with E-state index in [-0.39, 0.29) is 11.7 Å². The maximum atomic E-state index is 13.2. The van der Waals surface area contributed by atoms with Gasteiger partial charge in [-0.05, 0) is 46.7 Å². The van der Waals surface area contributed by atoms with Crippen LogP contribution >= 0.6 is 11.8 Å². The fourth-order valence-electron chi connectivity index (χ4n) is 3.98. The summed E-state index contributed by atoms with van der Waals surface area (Å²) in [6.45, 7) is 1.21. The first-order chi connectivity index (χ1) is 16.2. The van der Waals surface area contributed by atoms with Crippen molar-refractivity contribution in [2.45, 2.75) is 17.2 Å². The number of halogens is 1. The van der Waals surface area contributed by atoms with E-state index in [1.165, 1.54) is 22.4 Å². The highest BCUT2D eigenvalue weighted by atomic mass is 32.2. The van der Waals surface area contributed by atoms with Crippen molar-refractivity contribution >= 4 is 39.3 Å². The number of fused-ring (bicyclic) bond motifs is 2. The van der Waals surface area contributed by atoms with Gasteiger partial charge in [-0.2, -0.15) is 0 Å². The van der Waals surface area contributed by atoms with E-state index in [4.69, 9.17) is 0 Å². The van der Waals surface area contributed by atoms with Gasteiger partial charge in [-0.25, -0.2) is 4.39 Å². The van der Waals surface area contributed by atoms with Gasteiger partial charge in [0.25, 0.3) is 5.91 Å². The Morgan fingerprint density at radius 2 is 1.64 bits per heavy atom. The third-order valence-corrected chi connectivity index (χ3v) is 6.82. The van der Waals surface area contributed by atoms with Crippen LogP contribution < -0.4 is 5.32 Å². The number of nitrogens with one attached hydrogen (secondary N) is 1. The fourth-order valence-corrected chi connectivity index (χ4v) is 5.02. The number of hydrogen-bond donors (Lipinski definition) is 1. The van der Waals surface area contributed by atoms with Gasteiger partial charge < -0.3 is 9.88 Å². The lowest BCUT2D eigenvalue weighted by atomic mass is 10.1. The standard InChI is InChI=1S/C28H23FN2OS/c29-24-13-9-20(10-14-24)19-33-27-18-31(26-8-4-3-7-25(26)27)16-15-30-28(32)23-12-11-21-5-1-2-6-22(21)17-23/h1-14,17-18H,15-16,19H2,(H,30,32). The number of rotatable bonds is 7. The number of para-hydroxylation sites is 1. The highest BCUT2D eigenvalue weighted by Crippen LogP contribution is 2.32. The second kappa shape index (κ2) is 9.51. The summed E-state index contributed by atoms with van der Waals surface area (Å²) in [5, 5.41) is 6.42. The molecule has 0 atom stereocenters. The summed E-state index contributed by atoms with van der Waals surface area (Å²) in [6.07, 6.45) is 2.14. The molecule has 5 rings (SSSR count). The highest BCUT2D eigenvalue weighted by Gasteiger charge is 2.10. The minimum absolute atomic E-state index is 0.0666. The van der Waals surface area contributed by atoms with Gasteiger partial charge in [-0.1, -0.05) is 60.7 Å². The van der Waals surface area contributed by atoms with Crippen molar-refractivity contribution in [1.82, 2.24) is 9.88 Å². The summed E-state index contributed by atoms with van der Waals surface area (Å²) in [5.41, 5.74) is 2.89. The Morgan fingerprint density at radius 3 is 2.48 bits per heavy atom. The molecule has 1 heterocycles. The first-order valence-corrected chi connectivity index (χ1v) is 11.9. The van der Waals surface area contributed by atoms with Gasteiger partial charge in [0.05, 0.1) is 0 Å². The zero-order valence-corrected chi connectivity index (χ0v) is 18.8. The largest absolute Gasteiger partial charge is 0.350 e. The smallest absolute Gasteiger partial charge is 0.251 e. The SMILES string of the molecule is O=C(NCCn1cc(SCc2ccc(F)cc2)c2ccccc21)c1ccc2ccccc2c1. The van der Waals surface area contributed by atoms with E-state index >= 15 is 0 Å². The Morgan fingerprint density at radius 1 is 0.879 bits per heavy atom. The lowest BCUT2D eigenvalue weighted by Crippen LogP contribution is -2.27. The maximum absolute atomic E-state index is 13.2. The average molecular weight is 455 g/mol. The minimum Gasteiger partial charge on any atom is -0.350 e. The summed E-state index contributed by atoms with van der Waals surface area (Å²) in [4.78, 5) is 13.9. The molecule has 0 unspecified atom stereocenters. The van der Waals surface area contributed by atoms with Crippen molar-refractivity contribution in [3.63, 3.8) is 0 Å². The molecule has 4 aromatic carbocycles. The molecule has 164 valence electrons. The lowest BCUT2D eigenvalue weighted by Gasteiger charge is -2.08. The van der Waals surface area contributed by atoms with E-state index in [1.54, 1.807) is 11.8 Å². The Labute approximate surface area is 196 Å². The van der Waals surface area contributed by atoms with Crippen LogP contribution in [0.25, 0.3) is 21.7 Å². The summed E-state index contributed by atoms with van der Waals surface area (Å²) in [5.74, 6) is 0.488. The number of amides is 1. The van der Waals surface area contributed by atoms with Crippen molar-refractivity contribution in [1.29, 1.82) is 0 Å². The number of nitrogens with zero attached hydrogens (tertiary/aromatic N) is 1. The zero-order valence-electron chi connectivity index (χ0n) is 18.0. The topological polar surface area (TPSA) is 34.0 Å². The van der Waals surface area contributed by atoms with Gasteiger partial charge in [0.15, 0.2) is 0 Å². The number of carbonyl (C=O) groups excluding carboxylic acids is 1. The second-order valence-electron chi connectivity index (χ2n) is 7.94. The van der Waals surface area contributed by atoms with Crippen LogP contribution in [0.5, 0.6) is 0 Å². The van der Waals surface area contributed by atoms with E-state index in [0.29, 0.717) is 18.7 Å². The molecule has 0 radical (unpaired) electrons. The molecule has 5 aromatic rings. The molecule has 0 fully saturated rings. The summed E-state index contributed by atoms with van der Waals surface area (Å²) in [7, 11) is 0. The molecule has 0 aliphatic carbocycles. The Bertz CT molecular complexity index is 1430. The van der Waals surface area contributed by atoms with Gasteiger partial charge >= 0.3 is 0 Å². The number of thioether (sulfide) groups is 1. The highest BCUT2D eigenvalue weighted by molar-refractivity contribution is 7.98. The molecule has 5 heteroatoms. The fraction of sp³-hybridized carbons (Fsp3) is 0.107. The van der Waals surface area contributed by atoms with Crippen LogP contribution in [0.4, 0.5) is 4.39 Å². The predicted octanol–water partition coefficient (Wildman–Crippen LogP) is 6.66. The van der Waals surface area contributed by atoms with Crippen LogP contribution in [0.1, 0.15) is 15.9 Å². The van der Waals surface area contributed by atoms with E-state index in [2.05, 4.69) is 28.2 Å². The van der Waals surface area contributed by atoms with Gasteiger partial charge in [0, 0.05) is 46.4 Å². The molecule has 0 saturated heterocycles. The van der Waals surface area contributed by atoms with Crippen LogP contribution in [0, 0.1) is 5.82 Å². The quantitative estimate of drug-likeness (QED) is 0.279. The summed E-state index contributed by atoms with van der Waals surface area (Å²) < 4.78 is 15.4. The number of aromatic nitrogens is 1. The average Bonchev–Trinajstić information content (AvgIpc) is 3.21. The van der Waals surface area contributed by atoms with Crippen molar-refractivity contribution in [2.24, 2.45) is 0 Å². The van der Waals surface area contributed by atoms with E-state index in [9.17, 15) is 9.18 Å². The molecule has 3 nitrogen and oxygen atoms in total. The molecule has 0 aliphatic rings. The molecule has 1 amide bonds. The number of benzene rings is 4. The molecule has 33 heavy (non-hydrogen) atoms. The number of hydrogen-bond acceptors (Lipinski definition) is 2. The van der Waals surface area contributed by atoms with E-state index in [1.807, 2.05) is 66.7 Å². The van der Waals surface area contributed by atoms with Crippen LogP contribution in [-0.2, 0) is 12.3 Å². The van der Waals surface area contributed by atoms with Crippen molar-refractivity contribution in [3.05, 3.63) is 114 Å². The molecule has 1 N–H and O–H groups in total. The van der Waals surface area contributed by atoms with Gasteiger partial charge in [-0.3, -0.25) is 4.79 Å². The molecule has 0 bridgehead atoms. The normalized spacial score (nSPS) is 11.2. The van der Waals surface area contributed by atoms with Crippen LogP contribution in [0.15, 0.2) is 102 Å². The Kier molecular flexibility index (Phi) is 6.13. The third-order valence-electron chi connectivity index (χ3n) is 5.71. The van der Waals surface area contributed by atoms with Crippen LogP contribution in [-0.4, -0.2) is 17.0 Å². The van der Waals surface area contributed by atoms with Crippen LogP contribution in [0.3, 0.4) is 0 Å². The van der Waals surface area contributed by atoms with Gasteiger partial charge in [0.1, 0.15) is 5.82 Å². The molecule has 0 saturated carbocycles. The maximum Gasteiger partial charge on any atom is 0.251 e. The van der Waals surface area contributed by atoms with Gasteiger partial charge in [-0.15, -0.1) is 11.8 Å². The monoisotopic (exact) mass is 454 g/mol. The molecule has 0 aliphatic heterocycles. The van der Waals surface area contributed by atoms with Crippen LogP contribution in [0.2, 0.25) is 0 Å². The van der Waals surface area contributed by atoms with E-state index in [0.717, 1.165) is 27.6 Å². The van der Waals surface area contributed by atoms with E-state index < -0.39 is 0 Å². The summed E-state index contributed by atoms with van der Waals surface area (Å²) >= 11 is 1.74. The van der Waals surface area contributed by atoms with Crippen molar-refractivity contribution in [2.75, 3.05) is 6.54 Å².